The highest BCUT2D eigenvalue weighted by atomic mass is 16.5. The fourth-order valence-corrected chi connectivity index (χ4v) is 3.19. The molecule has 2 N–H and O–H groups in total. The average Bonchev–Trinajstić information content (AvgIpc) is 3.00. The molecule has 0 aromatic carbocycles. The summed E-state index contributed by atoms with van der Waals surface area (Å²) in [5, 5.41) is 4.19. The Kier molecular flexibility index (Phi) is 3.14. The molecule has 18 heavy (non-hydrogen) atoms. The van der Waals surface area contributed by atoms with Crippen molar-refractivity contribution in [3.8, 4) is 0 Å². The van der Waals surface area contributed by atoms with Crippen LogP contribution in [0.1, 0.15) is 69.5 Å². The number of nitrogens with two attached hydrogens (primary N) is 1. The third-order valence-electron chi connectivity index (χ3n) is 4.79. The van der Waals surface area contributed by atoms with Crippen LogP contribution in [0.25, 0.3) is 0 Å². The van der Waals surface area contributed by atoms with Crippen molar-refractivity contribution in [1.29, 1.82) is 0 Å². The number of hydrogen-bond donors (Lipinski definition) is 1. The van der Waals surface area contributed by atoms with E-state index in [0.717, 1.165) is 30.5 Å². The van der Waals surface area contributed by atoms with Crippen molar-refractivity contribution in [2.24, 2.45) is 11.7 Å². The van der Waals surface area contributed by atoms with Gasteiger partial charge in [0, 0.05) is 12.5 Å². The van der Waals surface area contributed by atoms with Crippen LogP contribution in [-0.4, -0.2) is 16.7 Å². The predicted octanol–water partition coefficient (Wildman–Crippen LogP) is 2.74. The molecule has 100 valence electrons. The maximum absolute atomic E-state index is 6.04. The van der Waals surface area contributed by atoms with Gasteiger partial charge in [0.25, 0.3) is 0 Å². The molecular formula is C14H23N3O. The van der Waals surface area contributed by atoms with Gasteiger partial charge in [-0.25, -0.2) is 0 Å². The largest absolute Gasteiger partial charge is 0.339 e. The second-order valence-corrected chi connectivity index (χ2v) is 6.18. The lowest BCUT2D eigenvalue weighted by Gasteiger charge is -2.26. The third-order valence-corrected chi connectivity index (χ3v) is 4.79. The molecule has 2 fully saturated rings. The standard InChI is InChI=1S/C14H23N3O/c1-10-8-11(10)12-16-13(18-17-12)14(9-15)6-4-2-3-5-7-14/h10-11H,2-9,15H2,1H3. The van der Waals surface area contributed by atoms with Crippen LogP contribution >= 0.6 is 0 Å². The van der Waals surface area contributed by atoms with E-state index in [9.17, 15) is 0 Å². The molecule has 1 heterocycles. The summed E-state index contributed by atoms with van der Waals surface area (Å²) in [6.45, 7) is 2.87. The van der Waals surface area contributed by atoms with Gasteiger partial charge in [-0.2, -0.15) is 4.98 Å². The van der Waals surface area contributed by atoms with Crippen LogP contribution < -0.4 is 5.73 Å². The fraction of sp³-hybridized carbons (Fsp3) is 0.857. The SMILES string of the molecule is CC1CC1c1noc(C2(CN)CCCCCC2)n1. The lowest BCUT2D eigenvalue weighted by Crippen LogP contribution is -2.35. The van der Waals surface area contributed by atoms with Gasteiger partial charge in [-0.05, 0) is 25.2 Å². The first-order chi connectivity index (χ1) is 8.75. The highest BCUT2D eigenvalue weighted by Crippen LogP contribution is 2.46. The Morgan fingerprint density at radius 1 is 1.28 bits per heavy atom. The van der Waals surface area contributed by atoms with Gasteiger partial charge in [-0.15, -0.1) is 0 Å². The van der Waals surface area contributed by atoms with Gasteiger partial charge in [0.2, 0.25) is 5.89 Å². The van der Waals surface area contributed by atoms with E-state index in [4.69, 9.17) is 10.3 Å². The van der Waals surface area contributed by atoms with Crippen LogP contribution in [0.15, 0.2) is 4.52 Å². The molecule has 0 bridgehead atoms. The molecule has 1 aromatic rings. The van der Waals surface area contributed by atoms with E-state index >= 15 is 0 Å². The van der Waals surface area contributed by atoms with E-state index in [0.29, 0.717) is 12.5 Å². The smallest absolute Gasteiger partial charge is 0.234 e. The van der Waals surface area contributed by atoms with Crippen LogP contribution in [0.3, 0.4) is 0 Å². The molecule has 0 amide bonds. The quantitative estimate of drug-likeness (QED) is 0.836. The zero-order valence-corrected chi connectivity index (χ0v) is 11.2. The Bertz CT molecular complexity index is 407. The van der Waals surface area contributed by atoms with Gasteiger partial charge in [0.15, 0.2) is 5.82 Å². The minimum absolute atomic E-state index is 0.0418. The minimum Gasteiger partial charge on any atom is -0.339 e. The van der Waals surface area contributed by atoms with Crippen molar-refractivity contribution >= 4 is 0 Å². The van der Waals surface area contributed by atoms with Crippen molar-refractivity contribution in [2.45, 2.75) is 63.2 Å². The van der Waals surface area contributed by atoms with Gasteiger partial charge >= 0.3 is 0 Å². The Labute approximate surface area is 108 Å². The molecule has 2 unspecified atom stereocenters. The van der Waals surface area contributed by atoms with E-state index in [1.54, 1.807) is 0 Å². The Balaban J connectivity index is 1.83. The minimum atomic E-state index is -0.0418. The molecule has 0 radical (unpaired) electrons. The van der Waals surface area contributed by atoms with E-state index in [1.165, 1.54) is 32.1 Å². The third kappa shape index (κ3) is 2.07. The molecule has 2 aliphatic carbocycles. The van der Waals surface area contributed by atoms with E-state index < -0.39 is 0 Å². The zero-order valence-electron chi connectivity index (χ0n) is 11.2. The molecule has 0 aliphatic heterocycles. The summed E-state index contributed by atoms with van der Waals surface area (Å²) < 4.78 is 5.56. The first-order valence-electron chi connectivity index (χ1n) is 7.29. The molecule has 2 saturated carbocycles. The highest BCUT2D eigenvalue weighted by Gasteiger charge is 2.41. The van der Waals surface area contributed by atoms with E-state index in [-0.39, 0.29) is 5.41 Å². The topological polar surface area (TPSA) is 64.9 Å². The van der Waals surface area contributed by atoms with E-state index in [2.05, 4.69) is 17.1 Å². The molecule has 2 atom stereocenters. The lowest BCUT2D eigenvalue weighted by molar-refractivity contribution is 0.256. The number of aromatic nitrogens is 2. The Hall–Kier alpha value is -0.900. The summed E-state index contributed by atoms with van der Waals surface area (Å²) in [4.78, 5) is 4.67. The maximum atomic E-state index is 6.04. The van der Waals surface area contributed by atoms with Gasteiger partial charge in [0.05, 0.1) is 5.41 Å². The van der Waals surface area contributed by atoms with E-state index in [1.807, 2.05) is 0 Å². The summed E-state index contributed by atoms with van der Waals surface area (Å²) in [5.41, 5.74) is 6.00. The van der Waals surface area contributed by atoms with Crippen LogP contribution in [0, 0.1) is 5.92 Å². The van der Waals surface area contributed by atoms with Gasteiger partial charge < -0.3 is 10.3 Å². The Morgan fingerprint density at radius 2 is 1.94 bits per heavy atom. The normalized spacial score (nSPS) is 31.0. The molecule has 0 saturated heterocycles. The molecule has 0 spiro atoms. The summed E-state index contributed by atoms with van der Waals surface area (Å²) in [7, 11) is 0. The van der Waals surface area contributed by atoms with Crippen LogP contribution in [0.2, 0.25) is 0 Å². The predicted molar refractivity (Wildman–Crippen MR) is 69.3 cm³/mol. The van der Waals surface area contributed by atoms with Crippen molar-refractivity contribution in [1.82, 2.24) is 10.1 Å². The second kappa shape index (κ2) is 4.65. The van der Waals surface area contributed by atoms with Crippen LogP contribution in [0.5, 0.6) is 0 Å². The number of rotatable bonds is 3. The molecule has 3 rings (SSSR count). The zero-order chi connectivity index (χ0) is 12.6. The van der Waals surface area contributed by atoms with Crippen molar-refractivity contribution in [3.63, 3.8) is 0 Å². The first kappa shape index (κ1) is 12.2. The van der Waals surface area contributed by atoms with Gasteiger partial charge in [0.1, 0.15) is 0 Å². The maximum Gasteiger partial charge on any atom is 0.234 e. The summed E-state index contributed by atoms with van der Waals surface area (Å²) in [6.07, 6.45) is 8.49. The van der Waals surface area contributed by atoms with Gasteiger partial charge in [-0.1, -0.05) is 37.8 Å². The van der Waals surface area contributed by atoms with Crippen LogP contribution in [0.4, 0.5) is 0 Å². The molecule has 1 aromatic heterocycles. The van der Waals surface area contributed by atoms with Crippen molar-refractivity contribution in [3.05, 3.63) is 11.7 Å². The molecule has 4 heteroatoms. The number of nitrogens with zero attached hydrogens (tertiary/aromatic N) is 2. The van der Waals surface area contributed by atoms with Crippen molar-refractivity contribution < 1.29 is 4.52 Å². The fourth-order valence-electron chi connectivity index (χ4n) is 3.19. The van der Waals surface area contributed by atoms with Crippen molar-refractivity contribution in [2.75, 3.05) is 6.54 Å². The second-order valence-electron chi connectivity index (χ2n) is 6.18. The lowest BCUT2D eigenvalue weighted by atomic mass is 9.80. The van der Waals surface area contributed by atoms with Crippen LogP contribution in [-0.2, 0) is 5.41 Å². The number of hydrogen-bond acceptors (Lipinski definition) is 4. The summed E-state index contributed by atoms with van der Waals surface area (Å²) in [5.74, 6) is 2.97. The molecular weight excluding hydrogens is 226 g/mol. The monoisotopic (exact) mass is 249 g/mol. The average molecular weight is 249 g/mol. The summed E-state index contributed by atoms with van der Waals surface area (Å²) in [6, 6.07) is 0. The molecule has 4 nitrogen and oxygen atoms in total. The Morgan fingerprint density at radius 3 is 2.50 bits per heavy atom. The first-order valence-corrected chi connectivity index (χ1v) is 7.29. The van der Waals surface area contributed by atoms with Gasteiger partial charge in [-0.3, -0.25) is 0 Å². The highest BCUT2D eigenvalue weighted by molar-refractivity contribution is 5.13. The summed E-state index contributed by atoms with van der Waals surface area (Å²) >= 11 is 0. The molecule has 2 aliphatic rings.